The average Bonchev–Trinajstić information content (AvgIpc) is 2.70. The van der Waals surface area contributed by atoms with Gasteiger partial charge in [0.05, 0.1) is 10.6 Å². The number of hydrogen-bond acceptors (Lipinski definition) is 5. The second-order valence-corrected chi connectivity index (χ2v) is 7.77. The lowest BCUT2D eigenvalue weighted by atomic mass is 10.2. The van der Waals surface area contributed by atoms with Gasteiger partial charge in [-0.05, 0) is 23.8 Å². The van der Waals surface area contributed by atoms with Crippen LogP contribution in [-0.2, 0) is 26.1 Å². The van der Waals surface area contributed by atoms with Crippen molar-refractivity contribution >= 4 is 33.5 Å². The molecule has 2 N–H and O–H groups in total. The first kappa shape index (κ1) is 21.6. The Morgan fingerprint density at radius 3 is 2.54 bits per heavy atom. The van der Waals surface area contributed by atoms with Gasteiger partial charge in [0.15, 0.2) is 6.61 Å². The van der Waals surface area contributed by atoms with Gasteiger partial charge in [-0.25, -0.2) is 17.9 Å². The fourth-order valence-electron chi connectivity index (χ4n) is 2.14. The van der Waals surface area contributed by atoms with Crippen LogP contribution in [0, 0.1) is 0 Å². The molecule has 0 heterocycles. The fraction of sp³-hybridized carbons (Fsp3) is 0.158. The summed E-state index contributed by atoms with van der Waals surface area (Å²) in [6.45, 7) is 3.27. The minimum absolute atomic E-state index is 0.0407. The Morgan fingerprint density at radius 1 is 1.14 bits per heavy atom. The summed E-state index contributed by atoms with van der Waals surface area (Å²) in [4.78, 5) is 23.3. The van der Waals surface area contributed by atoms with E-state index in [1.165, 1.54) is 18.2 Å². The van der Waals surface area contributed by atoms with Gasteiger partial charge >= 0.3 is 5.97 Å². The van der Waals surface area contributed by atoms with Gasteiger partial charge in [0.1, 0.15) is 4.90 Å². The predicted octanol–water partition coefficient (Wildman–Crippen LogP) is 2.28. The van der Waals surface area contributed by atoms with Gasteiger partial charge in [0, 0.05) is 13.1 Å². The Hall–Kier alpha value is -2.68. The van der Waals surface area contributed by atoms with Crippen molar-refractivity contribution in [1.29, 1.82) is 0 Å². The van der Waals surface area contributed by atoms with E-state index in [4.69, 9.17) is 16.3 Å². The third-order valence-corrected chi connectivity index (χ3v) is 5.43. The quantitative estimate of drug-likeness (QED) is 0.477. The summed E-state index contributed by atoms with van der Waals surface area (Å²) in [5.74, 6) is -1.34. The average molecular weight is 423 g/mol. The van der Waals surface area contributed by atoms with E-state index in [2.05, 4.69) is 16.6 Å². The van der Waals surface area contributed by atoms with E-state index in [1.54, 1.807) is 24.3 Å². The SMILES string of the molecule is C=CCNC(=O)COC(=O)c1ccc(Cl)c(S(=O)(=O)NCc2ccccc2)c1. The number of ether oxygens (including phenoxy) is 1. The zero-order valence-corrected chi connectivity index (χ0v) is 16.4. The van der Waals surface area contributed by atoms with Crippen molar-refractivity contribution in [1.82, 2.24) is 10.0 Å². The summed E-state index contributed by atoms with van der Waals surface area (Å²) < 4.78 is 32.4. The van der Waals surface area contributed by atoms with Crippen LogP contribution in [0.4, 0.5) is 0 Å². The molecular weight excluding hydrogens is 404 g/mol. The minimum atomic E-state index is -3.97. The Kier molecular flexibility index (Phi) is 7.74. The van der Waals surface area contributed by atoms with Crippen LogP contribution in [-0.4, -0.2) is 33.4 Å². The minimum Gasteiger partial charge on any atom is -0.452 e. The van der Waals surface area contributed by atoms with Gasteiger partial charge in [-0.1, -0.05) is 48.0 Å². The molecule has 0 saturated heterocycles. The molecule has 2 aromatic carbocycles. The van der Waals surface area contributed by atoms with E-state index in [1.807, 2.05) is 6.07 Å². The molecule has 0 aliphatic carbocycles. The number of benzene rings is 2. The number of sulfonamides is 1. The Balaban J connectivity index is 2.09. The Morgan fingerprint density at radius 2 is 1.86 bits per heavy atom. The van der Waals surface area contributed by atoms with E-state index in [0.717, 1.165) is 11.6 Å². The van der Waals surface area contributed by atoms with Crippen LogP contribution < -0.4 is 10.0 Å². The normalized spacial score (nSPS) is 10.9. The molecule has 0 radical (unpaired) electrons. The van der Waals surface area contributed by atoms with E-state index in [0.29, 0.717) is 0 Å². The standard InChI is InChI=1S/C19H19ClN2O5S/c1-2-10-21-18(23)13-27-19(24)15-8-9-16(20)17(11-15)28(25,26)22-12-14-6-4-3-5-7-14/h2-9,11,22H,1,10,12-13H2,(H,21,23). The number of carbonyl (C=O) groups is 2. The molecule has 2 rings (SSSR count). The maximum Gasteiger partial charge on any atom is 0.338 e. The molecular formula is C19H19ClN2O5S. The van der Waals surface area contributed by atoms with Crippen molar-refractivity contribution in [2.45, 2.75) is 11.4 Å². The largest absolute Gasteiger partial charge is 0.452 e. The molecule has 148 valence electrons. The molecule has 0 bridgehead atoms. The Labute approximate surface area is 168 Å². The highest BCUT2D eigenvalue weighted by Gasteiger charge is 2.21. The summed E-state index contributed by atoms with van der Waals surface area (Å²) >= 11 is 6.01. The molecule has 0 aliphatic heterocycles. The van der Waals surface area contributed by atoms with Gasteiger partial charge in [-0.15, -0.1) is 6.58 Å². The number of rotatable bonds is 9. The van der Waals surface area contributed by atoms with Crippen molar-refractivity contribution in [3.63, 3.8) is 0 Å². The molecule has 0 saturated carbocycles. The molecule has 2 aromatic rings. The second kappa shape index (κ2) is 10.0. The highest BCUT2D eigenvalue weighted by Crippen LogP contribution is 2.23. The molecule has 0 aliphatic rings. The van der Waals surface area contributed by atoms with Crippen molar-refractivity contribution in [2.75, 3.05) is 13.2 Å². The van der Waals surface area contributed by atoms with Crippen molar-refractivity contribution in [2.24, 2.45) is 0 Å². The van der Waals surface area contributed by atoms with E-state index in [-0.39, 0.29) is 28.6 Å². The lowest BCUT2D eigenvalue weighted by Crippen LogP contribution is -2.29. The number of hydrogen-bond donors (Lipinski definition) is 2. The van der Waals surface area contributed by atoms with E-state index >= 15 is 0 Å². The van der Waals surface area contributed by atoms with Crippen LogP contribution in [0.3, 0.4) is 0 Å². The number of esters is 1. The fourth-order valence-corrected chi connectivity index (χ4v) is 3.68. The van der Waals surface area contributed by atoms with Gasteiger partial charge in [-0.2, -0.15) is 0 Å². The number of carbonyl (C=O) groups excluding carboxylic acids is 2. The molecule has 0 fully saturated rings. The summed E-state index contributed by atoms with van der Waals surface area (Å²) in [7, 11) is -3.97. The third kappa shape index (κ3) is 6.19. The zero-order chi connectivity index (χ0) is 20.6. The van der Waals surface area contributed by atoms with Crippen LogP contribution in [0.15, 0.2) is 66.1 Å². The number of halogens is 1. The molecule has 0 unspecified atom stereocenters. The topological polar surface area (TPSA) is 102 Å². The van der Waals surface area contributed by atoms with Crippen LogP contribution in [0.5, 0.6) is 0 Å². The zero-order valence-electron chi connectivity index (χ0n) is 14.9. The Bertz CT molecular complexity index is 962. The van der Waals surface area contributed by atoms with Crippen LogP contribution in [0.25, 0.3) is 0 Å². The van der Waals surface area contributed by atoms with Gasteiger partial charge in [-0.3, -0.25) is 4.79 Å². The van der Waals surface area contributed by atoms with Crippen molar-refractivity contribution in [3.8, 4) is 0 Å². The van der Waals surface area contributed by atoms with E-state index < -0.39 is 28.5 Å². The highest BCUT2D eigenvalue weighted by molar-refractivity contribution is 7.89. The maximum absolute atomic E-state index is 12.6. The van der Waals surface area contributed by atoms with Crippen molar-refractivity contribution < 1.29 is 22.7 Å². The lowest BCUT2D eigenvalue weighted by molar-refractivity contribution is -0.124. The summed E-state index contributed by atoms with van der Waals surface area (Å²) in [6, 6.07) is 12.7. The highest BCUT2D eigenvalue weighted by atomic mass is 35.5. The first-order valence-electron chi connectivity index (χ1n) is 8.21. The predicted molar refractivity (Wildman–Crippen MR) is 105 cm³/mol. The monoisotopic (exact) mass is 422 g/mol. The van der Waals surface area contributed by atoms with Gasteiger partial charge in [0.2, 0.25) is 10.0 Å². The number of amides is 1. The molecule has 1 amide bonds. The molecule has 0 atom stereocenters. The lowest BCUT2D eigenvalue weighted by Gasteiger charge is -2.10. The van der Waals surface area contributed by atoms with E-state index in [9.17, 15) is 18.0 Å². The summed E-state index contributed by atoms with van der Waals surface area (Å²) in [5, 5.41) is 2.41. The van der Waals surface area contributed by atoms with Crippen LogP contribution >= 0.6 is 11.6 Å². The first-order chi connectivity index (χ1) is 13.3. The second-order valence-electron chi connectivity index (χ2n) is 5.62. The van der Waals surface area contributed by atoms with Crippen molar-refractivity contribution in [3.05, 3.63) is 77.3 Å². The van der Waals surface area contributed by atoms with Crippen LogP contribution in [0.1, 0.15) is 15.9 Å². The third-order valence-electron chi connectivity index (χ3n) is 3.54. The molecule has 7 nitrogen and oxygen atoms in total. The van der Waals surface area contributed by atoms with Crippen LogP contribution in [0.2, 0.25) is 5.02 Å². The first-order valence-corrected chi connectivity index (χ1v) is 10.1. The molecule has 28 heavy (non-hydrogen) atoms. The molecule has 0 spiro atoms. The summed E-state index contributed by atoms with van der Waals surface area (Å²) in [5.41, 5.74) is 0.726. The van der Waals surface area contributed by atoms with Gasteiger partial charge < -0.3 is 10.1 Å². The smallest absolute Gasteiger partial charge is 0.338 e. The van der Waals surface area contributed by atoms with Gasteiger partial charge in [0.25, 0.3) is 5.91 Å². The number of nitrogens with one attached hydrogen (secondary N) is 2. The maximum atomic E-state index is 12.6. The molecule has 9 heteroatoms. The molecule has 0 aromatic heterocycles. The summed E-state index contributed by atoms with van der Waals surface area (Å²) in [6.07, 6.45) is 1.48.